The third kappa shape index (κ3) is 5.50. The van der Waals surface area contributed by atoms with Gasteiger partial charge in [-0.1, -0.05) is 17.7 Å². The Hall–Kier alpha value is -2.18. The SMILES string of the molecule is CC(C)Oc1cccc(C(=O)NC(=S)Nc2ccc(Cl)nc2)c1. The number of ether oxygens (including phenoxy) is 1. The van der Waals surface area contributed by atoms with Gasteiger partial charge in [-0.05, 0) is 56.4 Å². The van der Waals surface area contributed by atoms with E-state index in [4.69, 9.17) is 28.6 Å². The summed E-state index contributed by atoms with van der Waals surface area (Å²) < 4.78 is 5.57. The quantitative estimate of drug-likeness (QED) is 0.651. The van der Waals surface area contributed by atoms with Crippen molar-refractivity contribution in [3.05, 3.63) is 53.3 Å². The Labute approximate surface area is 145 Å². The minimum Gasteiger partial charge on any atom is -0.491 e. The normalized spacial score (nSPS) is 10.3. The fraction of sp³-hybridized carbons (Fsp3) is 0.188. The van der Waals surface area contributed by atoms with Crippen LogP contribution in [0.4, 0.5) is 5.69 Å². The van der Waals surface area contributed by atoms with Gasteiger partial charge in [-0.2, -0.15) is 0 Å². The molecule has 0 aliphatic rings. The number of pyridine rings is 1. The number of anilines is 1. The highest BCUT2D eigenvalue weighted by atomic mass is 35.5. The highest BCUT2D eigenvalue weighted by Gasteiger charge is 2.09. The number of aromatic nitrogens is 1. The van der Waals surface area contributed by atoms with Crippen LogP contribution < -0.4 is 15.4 Å². The molecule has 0 aliphatic carbocycles. The summed E-state index contributed by atoms with van der Waals surface area (Å²) in [6.45, 7) is 3.85. The summed E-state index contributed by atoms with van der Waals surface area (Å²) >= 11 is 10.8. The zero-order valence-electron chi connectivity index (χ0n) is 12.7. The van der Waals surface area contributed by atoms with Crippen molar-refractivity contribution in [2.75, 3.05) is 5.32 Å². The van der Waals surface area contributed by atoms with Crippen LogP contribution in [0.5, 0.6) is 5.75 Å². The second-order valence-corrected chi connectivity index (χ2v) is 5.77. The van der Waals surface area contributed by atoms with Crippen molar-refractivity contribution in [3.8, 4) is 5.75 Å². The molecule has 2 rings (SSSR count). The average molecular weight is 350 g/mol. The summed E-state index contributed by atoms with van der Waals surface area (Å²) in [6.07, 6.45) is 1.56. The van der Waals surface area contributed by atoms with E-state index in [2.05, 4.69) is 15.6 Å². The van der Waals surface area contributed by atoms with Crippen LogP contribution in [0.3, 0.4) is 0 Å². The van der Waals surface area contributed by atoms with E-state index in [9.17, 15) is 4.79 Å². The molecular weight excluding hydrogens is 334 g/mol. The molecule has 0 radical (unpaired) electrons. The first-order valence-electron chi connectivity index (χ1n) is 6.94. The van der Waals surface area contributed by atoms with Crippen molar-refractivity contribution in [1.29, 1.82) is 0 Å². The Balaban J connectivity index is 1.98. The lowest BCUT2D eigenvalue weighted by molar-refractivity contribution is 0.0977. The van der Waals surface area contributed by atoms with Crippen LogP contribution in [0.15, 0.2) is 42.6 Å². The van der Waals surface area contributed by atoms with Gasteiger partial charge in [0.2, 0.25) is 0 Å². The molecule has 1 heterocycles. The van der Waals surface area contributed by atoms with Gasteiger partial charge in [0.1, 0.15) is 10.9 Å². The summed E-state index contributed by atoms with van der Waals surface area (Å²) in [7, 11) is 0. The summed E-state index contributed by atoms with van der Waals surface area (Å²) in [5.41, 5.74) is 1.10. The third-order valence-corrected chi connectivity index (χ3v) is 3.11. The largest absolute Gasteiger partial charge is 0.491 e. The smallest absolute Gasteiger partial charge is 0.257 e. The van der Waals surface area contributed by atoms with E-state index >= 15 is 0 Å². The van der Waals surface area contributed by atoms with Crippen LogP contribution in [-0.2, 0) is 0 Å². The molecule has 0 saturated heterocycles. The molecular formula is C16H16ClN3O2S. The number of hydrogen-bond donors (Lipinski definition) is 2. The maximum atomic E-state index is 12.2. The number of nitrogens with zero attached hydrogens (tertiary/aromatic N) is 1. The molecule has 7 heteroatoms. The standard InChI is InChI=1S/C16H16ClN3O2S/c1-10(2)22-13-5-3-4-11(8-13)15(21)20-16(23)19-12-6-7-14(17)18-9-12/h3-10H,1-2H3,(H2,19,20,21,23). The number of carbonyl (C=O) groups is 1. The highest BCUT2D eigenvalue weighted by molar-refractivity contribution is 7.80. The summed E-state index contributed by atoms with van der Waals surface area (Å²) in [4.78, 5) is 16.1. The molecule has 0 fully saturated rings. The molecule has 120 valence electrons. The molecule has 0 unspecified atom stereocenters. The van der Waals surface area contributed by atoms with Gasteiger partial charge in [-0.25, -0.2) is 4.98 Å². The zero-order valence-corrected chi connectivity index (χ0v) is 14.2. The van der Waals surface area contributed by atoms with E-state index < -0.39 is 0 Å². The minimum atomic E-state index is -0.321. The van der Waals surface area contributed by atoms with Gasteiger partial charge >= 0.3 is 0 Å². The number of carbonyl (C=O) groups excluding carboxylic acids is 1. The number of thiocarbonyl (C=S) groups is 1. The lowest BCUT2D eigenvalue weighted by Crippen LogP contribution is -2.34. The van der Waals surface area contributed by atoms with Crippen LogP contribution in [-0.4, -0.2) is 22.1 Å². The minimum absolute atomic E-state index is 0.0356. The maximum Gasteiger partial charge on any atom is 0.257 e. The summed E-state index contributed by atoms with van der Waals surface area (Å²) in [5, 5.41) is 6.03. The molecule has 1 amide bonds. The number of rotatable bonds is 4. The van der Waals surface area contributed by atoms with E-state index in [-0.39, 0.29) is 17.1 Å². The van der Waals surface area contributed by atoms with Crippen molar-refractivity contribution in [1.82, 2.24) is 10.3 Å². The maximum absolute atomic E-state index is 12.2. The lowest BCUT2D eigenvalue weighted by atomic mass is 10.2. The molecule has 0 spiro atoms. The number of benzene rings is 1. The van der Waals surface area contributed by atoms with Crippen LogP contribution >= 0.6 is 23.8 Å². The summed E-state index contributed by atoms with van der Waals surface area (Å²) in [5.74, 6) is 0.312. The molecule has 23 heavy (non-hydrogen) atoms. The van der Waals surface area contributed by atoms with E-state index in [0.717, 1.165) is 0 Å². The predicted octanol–water partition coefficient (Wildman–Crippen LogP) is 3.65. The fourth-order valence-electron chi connectivity index (χ4n) is 1.77. The Bertz CT molecular complexity index is 705. The topological polar surface area (TPSA) is 63.2 Å². The van der Waals surface area contributed by atoms with Crippen LogP contribution in [0, 0.1) is 0 Å². The highest BCUT2D eigenvalue weighted by Crippen LogP contribution is 2.15. The van der Waals surface area contributed by atoms with Crippen molar-refractivity contribution in [2.24, 2.45) is 0 Å². The lowest BCUT2D eigenvalue weighted by Gasteiger charge is -2.12. The van der Waals surface area contributed by atoms with Crippen LogP contribution in [0.2, 0.25) is 5.15 Å². The fourth-order valence-corrected chi connectivity index (χ4v) is 2.09. The first kappa shape index (κ1) is 17.2. The molecule has 2 aromatic rings. The van der Waals surface area contributed by atoms with Crippen molar-refractivity contribution in [2.45, 2.75) is 20.0 Å². The zero-order chi connectivity index (χ0) is 16.8. The van der Waals surface area contributed by atoms with E-state index in [0.29, 0.717) is 22.2 Å². The molecule has 1 aromatic carbocycles. The molecule has 2 N–H and O–H groups in total. The average Bonchev–Trinajstić information content (AvgIpc) is 2.49. The molecule has 0 bridgehead atoms. The van der Waals surface area contributed by atoms with E-state index in [1.54, 1.807) is 36.4 Å². The number of halogens is 1. The molecule has 0 aliphatic heterocycles. The third-order valence-electron chi connectivity index (χ3n) is 2.68. The molecule has 5 nitrogen and oxygen atoms in total. The Morgan fingerprint density at radius 1 is 1.30 bits per heavy atom. The Morgan fingerprint density at radius 3 is 2.74 bits per heavy atom. The summed E-state index contributed by atoms with van der Waals surface area (Å²) in [6, 6.07) is 10.3. The Morgan fingerprint density at radius 2 is 2.09 bits per heavy atom. The van der Waals surface area contributed by atoms with E-state index in [1.807, 2.05) is 13.8 Å². The molecule has 1 aromatic heterocycles. The van der Waals surface area contributed by atoms with Crippen molar-refractivity contribution >= 4 is 40.5 Å². The van der Waals surface area contributed by atoms with E-state index in [1.165, 1.54) is 6.20 Å². The van der Waals surface area contributed by atoms with Crippen LogP contribution in [0.25, 0.3) is 0 Å². The molecule has 0 atom stereocenters. The molecule has 0 saturated carbocycles. The second kappa shape index (κ2) is 7.89. The number of amides is 1. The van der Waals surface area contributed by atoms with Gasteiger partial charge in [-0.3, -0.25) is 10.1 Å². The van der Waals surface area contributed by atoms with Gasteiger partial charge < -0.3 is 10.1 Å². The first-order chi connectivity index (χ1) is 10.9. The monoisotopic (exact) mass is 349 g/mol. The van der Waals surface area contributed by atoms with Gasteiger partial charge in [0.25, 0.3) is 5.91 Å². The predicted molar refractivity (Wildman–Crippen MR) is 95.1 cm³/mol. The second-order valence-electron chi connectivity index (χ2n) is 4.97. The van der Waals surface area contributed by atoms with Gasteiger partial charge in [0.15, 0.2) is 5.11 Å². The Kier molecular flexibility index (Phi) is 5.90. The van der Waals surface area contributed by atoms with Crippen LogP contribution in [0.1, 0.15) is 24.2 Å². The number of nitrogens with one attached hydrogen (secondary N) is 2. The number of hydrogen-bond acceptors (Lipinski definition) is 4. The van der Waals surface area contributed by atoms with Gasteiger partial charge in [0.05, 0.1) is 18.0 Å². The van der Waals surface area contributed by atoms with Gasteiger partial charge in [0, 0.05) is 5.56 Å². The first-order valence-corrected chi connectivity index (χ1v) is 7.73. The van der Waals surface area contributed by atoms with Crippen molar-refractivity contribution < 1.29 is 9.53 Å². The van der Waals surface area contributed by atoms with Crippen molar-refractivity contribution in [3.63, 3.8) is 0 Å². The van der Waals surface area contributed by atoms with Gasteiger partial charge in [-0.15, -0.1) is 0 Å².